The highest BCUT2D eigenvalue weighted by Crippen LogP contribution is 2.18. The lowest BCUT2D eigenvalue weighted by atomic mass is 10.2. The molecule has 0 fully saturated rings. The van der Waals surface area contributed by atoms with E-state index in [1.807, 2.05) is 31.2 Å². The molecule has 1 aromatic heterocycles. The van der Waals surface area contributed by atoms with E-state index in [2.05, 4.69) is 26.3 Å². The van der Waals surface area contributed by atoms with Crippen molar-refractivity contribution in [3.8, 4) is 5.69 Å². The molecule has 1 amide bonds. The number of carboxylic acid groups (broad SMARTS) is 1. The molecule has 0 radical (unpaired) electrons. The van der Waals surface area contributed by atoms with Gasteiger partial charge in [0.1, 0.15) is 0 Å². The number of aliphatic carboxylic acids is 1. The van der Waals surface area contributed by atoms with Crippen molar-refractivity contribution >= 4 is 27.8 Å². The Hall–Kier alpha value is -2.15. The van der Waals surface area contributed by atoms with Gasteiger partial charge in [-0.25, -0.2) is 4.68 Å². The molecule has 122 valence electrons. The van der Waals surface area contributed by atoms with E-state index in [0.717, 1.165) is 15.9 Å². The smallest absolute Gasteiger partial charge is 0.303 e. The van der Waals surface area contributed by atoms with Gasteiger partial charge >= 0.3 is 5.97 Å². The summed E-state index contributed by atoms with van der Waals surface area (Å²) >= 11 is 3.39. The van der Waals surface area contributed by atoms with Gasteiger partial charge in [-0.2, -0.15) is 5.10 Å². The summed E-state index contributed by atoms with van der Waals surface area (Å²) in [5.41, 5.74) is 2.23. The van der Waals surface area contributed by atoms with Gasteiger partial charge in [0.15, 0.2) is 0 Å². The number of aromatic nitrogens is 2. The number of hydrogen-bond donors (Lipinski definition) is 2. The van der Waals surface area contributed by atoms with Gasteiger partial charge in [-0.15, -0.1) is 0 Å². The maximum Gasteiger partial charge on any atom is 0.303 e. The summed E-state index contributed by atoms with van der Waals surface area (Å²) in [6.45, 7) is 2.30. The molecule has 1 aromatic carbocycles. The third-order valence-electron chi connectivity index (χ3n) is 3.37. The van der Waals surface area contributed by atoms with Crippen molar-refractivity contribution in [3.63, 3.8) is 0 Å². The molecule has 0 spiro atoms. The Morgan fingerprint density at radius 3 is 2.61 bits per heavy atom. The van der Waals surface area contributed by atoms with Gasteiger partial charge in [0.25, 0.3) is 5.91 Å². The van der Waals surface area contributed by atoms with Crippen LogP contribution >= 0.6 is 15.9 Å². The van der Waals surface area contributed by atoms with Gasteiger partial charge in [0, 0.05) is 17.4 Å². The average molecular weight is 380 g/mol. The third kappa shape index (κ3) is 4.41. The molecule has 2 N–H and O–H groups in total. The fraction of sp³-hybridized carbons (Fsp3) is 0.312. The maximum absolute atomic E-state index is 12.2. The number of rotatable bonds is 7. The highest BCUT2D eigenvalue weighted by atomic mass is 79.9. The van der Waals surface area contributed by atoms with Crippen molar-refractivity contribution < 1.29 is 14.7 Å². The number of carbonyl (C=O) groups excluding carboxylic acids is 1. The lowest BCUT2D eigenvalue weighted by molar-refractivity contribution is -0.137. The molecule has 0 atom stereocenters. The standard InChI is InChI=1S/C16H18BrN3O3/c1-2-14-13(16(23)18-9-3-4-15(21)22)10-19-20(14)12-7-5-11(17)6-8-12/h5-8,10H,2-4,9H2,1H3,(H,18,23)(H,21,22). The maximum atomic E-state index is 12.2. The Morgan fingerprint density at radius 1 is 1.30 bits per heavy atom. The minimum absolute atomic E-state index is 0.0407. The fourth-order valence-electron chi connectivity index (χ4n) is 2.25. The Kier molecular flexibility index (Phi) is 5.92. The van der Waals surface area contributed by atoms with Crippen LogP contribution in [0.4, 0.5) is 0 Å². The van der Waals surface area contributed by atoms with Gasteiger partial charge in [0.2, 0.25) is 0 Å². The monoisotopic (exact) mass is 379 g/mol. The van der Waals surface area contributed by atoms with Crippen LogP contribution in [0.25, 0.3) is 5.69 Å². The summed E-state index contributed by atoms with van der Waals surface area (Å²) in [7, 11) is 0. The average Bonchev–Trinajstić information content (AvgIpc) is 2.96. The number of nitrogens with one attached hydrogen (secondary N) is 1. The molecule has 0 saturated carbocycles. The number of benzene rings is 1. The summed E-state index contributed by atoms with van der Waals surface area (Å²) in [4.78, 5) is 22.7. The molecular weight excluding hydrogens is 362 g/mol. The normalized spacial score (nSPS) is 10.5. The molecule has 2 rings (SSSR count). The van der Waals surface area contributed by atoms with Crippen LogP contribution in [-0.2, 0) is 11.2 Å². The van der Waals surface area contributed by atoms with Crippen molar-refractivity contribution in [3.05, 3.63) is 46.2 Å². The summed E-state index contributed by atoms with van der Waals surface area (Å²) in [5, 5.41) is 15.6. The van der Waals surface area contributed by atoms with Crippen LogP contribution < -0.4 is 5.32 Å². The van der Waals surface area contributed by atoms with Gasteiger partial charge in [0.05, 0.1) is 23.1 Å². The highest BCUT2D eigenvalue weighted by Gasteiger charge is 2.16. The van der Waals surface area contributed by atoms with E-state index in [9.17, 15) is 9.59 Å². The van der Waals surface area contributed by atoms with Gasteiger partial charge in [-0.3, -0.25) is 9.59 Å². The topological polar surface area (TPSA) is 84.2 Å². The quantitative estimate of drug-likeness (QED) is 0.724. The van der Waals surface area contributed by atoms with E-state index in [-0.39, 0.29) is 12.3 Å². The number of nitrogens with zero attached hydrogens (tertiary/aromatic N) is 2. The van der Waals surface area contributed by atoms with Crippen LogP contribution in [0.3, 0.4) is 0 Å². The van der Waals surface area contributed by atoms with Crippen LogP contribution in [0.2, 0.25) is 0 Å². The molecule has 0 saturated heterocycles. The van der Waals surface area contributed by atoms with Crippen LogP contribution in [0.5, 0.6) is 0 Å². The van der Waals surface area contributed by atoms with E-state index in [1.165, 1.54) is 0 Å². The zero-order valence-electron chi connectivity index (χ0n) is 12.8. The molecule has 0 aliphatic carbocycles. The minimum atomic E-state index is -0.864. The summed E-state index contributed by atoms with van der Waals surface area (Å²) in [5.74, 6) is -1.09. The minimum Gasteiger partial charge on any atom is -0.481 e. The Labute approximate surface area is 142 Å². The number of carboxylic acids is 1. The summed E-state index contributed by atoms with van der Waals surface area (Å²) in [6.07, 6.45) is 2.66. The Balaban J connectivity index is 2.12. The molecular formula is C16H18BrN3O3. The second-order valence-corrected chi connectivity index (χ2v) is 5.92. The first kappa shape index (κ1) is 17.2. The number of amides is 1. The lowest BCUT2D eigenvalue weighted by Crippen LogP contribution is -2.25. The van der Waals surface area contributed by atoms with E-state index >= 15 is 0 Å². The Morgan fingerprint density at radius 2 is 2.00 bits per heavy atom. The van der Waals surface area contributed by atoms with Crippen molar-refractivity contribution in [1.82, 2.24) is 15.1 Å². The molecule has 2 aromatic rings. The molecule has 0 unspecified atom stereocenters. The van der Waals surface area contributed by atoms with Crippen molar-refractivity contribution in [2.24, 2.45) is 0 Å². The van der Waals surface area contributed by atoms with E-state index in [4.69, 9.17) is 5.11 Å². The largest absolute Gasteiger partial charge is 0.481 e. The zero-order chi connectivity index (χ0) is 16.8. The number of carbonyl (C=O) groups is 2. The fourth-order valence-corrected chi connectivity index (χ4v) is 2.51. The van der Waals surface area contributed by atoms with Gasteiger partial charge in [-0.1, -0.05) is 22.9 Å². The number of halogens is 1. The highest BCUT2D eigenvalue weighted by molar-refractivity contribution is 9.10. The number of hydrogen-bond acceptors (Lipinski definition) is 3. The molecule has 0 aliphatic rings. The van der Waals surface area contributed by atoms with Crippen LogP contribution in [0, 0.1) is 0 Å². The first-order valence-electron chi connectivity index (χ1n) is 7.35. The molecule has 0 aliphatic heterocycles. The lowest BCUT2D eigenvalue weighted by Gasteiger charge is -2.08. The van der Waals surface area contributed by atoms with E-state index in [1.54, 1.807) is 10.9 Å². The zero-order valence-corrected chi connectivity index (χ0v) is 14.3. The van der Waals surface area contributed by atoms with Crippen LogP contribution in [0.15, 0.2) is 34.9 Å². The van der Waals surface area contributed by atoms with Crippen molar-refractivity contribution in [1.29, 1.82) is 0 Å². The predicted octanol–water partition coefficient (Wildman–Crippen LogP) is 2.79. The SMILES string of the molecule is CCc1c(C(=O)NCCCC(=O)O)cnn1-c1ccc(Br)cc1. The van der Waals surface area contributed by atoms with Gasteiger partial charge < -0.3 is 10.4 Å². The summed E-state index contributed by atoms with van der Waals surface area (Å²) in [6, 6.07) is 7.68. The van der Waals surface area contributed by atoms with E-state index < -0.39 is 5.97 Å². The second kappa shape index (κ2) is 7.92. The van der Waals surface area contributed by atoms with Crippen molar-refractivity contribution in [2.45, 2.75) is 26.2 Å². The molecule has 23 heavy (non-hydrogen) atoms. The van der Waals surface area contributed by atoms with E-state index in [0.29, 0.717) is 24.9 Å². The Bertz CT molecular complexity index is 695. The molecule has 1 heterocycles. The molecule has 6 nitrogen and oxygen atoms in total. The van der Waals surface area contributed by atoms with Crippen LogP contribution in [0.1, 0.15) is 35.8 Å². The third-order valence-corrected chi connectivity index (χ3v) is 3.90. The predicted molar refractivity (Wildman–Crippen MR) is 89.8 cm³/mol. The molecule has 0 bridgehead atoms. The van der Waals surface area contributed by atoms with Crippen molar-refractivity contribution in [2.75, 3.05) is 6.54 Å². The molecule has 7 heteroatoms. The first-order chi connectivity index (χ1) is 11.0. The summed E-state index contributed by atoms with van der Waals surface area (Å²) < 4.78 is 2.72. The second-order valence-electron chi connectivity index (χ2n) is 5.00. The van der Waals surface area contributed by atoms with Gasteiger partial charge in [-0.05, 0) is 37.1 Å². The first-order valence-corrected chi connectivity index (χ1v) is 8.15. The van der Waals surface area contributed by atoms with Crippen LogP contribution in [-0.4, -0.2) is 33.3 Å².